The van der Waals surface area contributed by atoms with Crippen LogP contribution in [-0.2, 0) is 35.5 Å². The third-order valence-corrected chi connectivity index (χ3v) is 5.78. The minimum absolute atomic E-state index is 0.195. The molecule has 7 heteroatoms. The number of fused-ring (bicyclic) bond motifs is 3. The van der Waals surface area contributed by atoms with Crippen molar-refractivity contribution in [2.75, 3.05) is 12.8 Å². The van der Waals surface area contributed by atoms with Gasteiger partial charge in [-0.1, -0.05) is 49.7 Å². The highest BCUT2D eigenvalue weighted by molar-refractivity contribution is 6.07. The van der Waals surface area contributed by atoms with Gasteiger partial charge in [0, 0.05) is 24.9 Å². The lowest BCUT2D eigenvalue weighted by Crippen LogP contribution is -2.07. The number of unbranched alkanes of at least 4 members (excludes halogenated alkanes) is 1. The van der Waals surface area contributed by atoms with E-state index in [9.17, 15) is 4.79 Å². The molecule has 4 N–H and O–H groups in total. The van der Waals surface area contributed by atoms with E-state index >= 15 is 0 Å². The van der Waals surface area contributed by atoms with Crippen LogP contribution in [0.3, 0.4) is 0 Å². The normalized spacial score (nSPS) is 11.3. The number of methoxy groups -OCH3 is 1. The number of carbonyl (C=O) groups is 1. The van der Waals surface area contributed by atoms with E-state index in [-0.39, 0.29) is 12.4 Å². The van der Waals surface area contributed by atoms with Crippen molar-refractivity contribution in [3.05, 3.63) is 65.0 Å². The number of aryl methyl sites for hydroxylation is 1. The number of nitrogens with zero attached hydrogens (tertiary/aromatic N) is 3. The zero-order chi connectivity index (χ0) is 22.7. The van der Waals surface area contributed by atoms with Crippen LogP contribution in [-0.4, -0.2) is 27.6 Å². The van der Waals surface area contributed by atoms with Gasteiger partial charge in [-0.3, -0.25) is 4.79 Å². The number of nitrogens with two attached hydrogens (primary N) is 2. The summed E-state index contributed by atoms with van der Waals surface area (Å²) >= 11 is 0. The molecular weight excluding hydrogens is 402 g/mol. The van der Waals surface area contributed by atoms with Crippen LogP contribution in [0.4, 0.5) is 5.82 Å². The fraction of sp³-hybridized carbons (Fsp3) is 0.320. The number of benzene rings is 2. The van der Waals surface area contributed by atoms with Crippen molar-refractivity contribution >= 4 is 33.7 Å². The molecule has 0 aliphatic heterocycles. The van der Waals surface area contributed by atoms with E-state index < -0.39 is 0 Å². The van der Waals surface area contributed by atoms with Gasteiger partial charge < -0.3 is 20.8 Å². The summed E-state index contributed by atoms with van der Waals surface area (Å²) in [5.74, 6) is 1.12. The molecule has 4 rings (SSSR count). The maximum absolute atomic E-state index is 11.7. The highest BCUT2D eigenvalue weighted by atomic mass is 16.5. The Morgan fingerprint density at radius 3 is 2.47 bits per heavy atom. The largest absolute Gasteiger partial charge is 0.469 e. The van der Waals surface area contributed by atoms with Gasteiger partial charge in [0.05, 0.1) is 24.6 Å². The van der Waals surface area contributed by atoms with Gasteiger partial charge in [0.25, 0.3) is 0 Å². The Bertz CT molecular complexity index is 1260. The second-order valence-electron chi connectivity index (χ2n) is 8.04. The molecule has 0 amide bonds. The highest BCUT2D eigenvalue weighted by Gasteiger charge is 2.18. The molecule has 166 valence electrons. The first-order chi connectivity index (χ1) is 15.5. The number of anilines is 1. The van der Waals surface area contributed by atoms with Gasteiger partial charge in [-0.2, -0.15) is 0 Å². The second kappa shape index (κ2) is 9.36. The van der Waals surface area contributed by atoms with E-state index in [0.29, 0.717) is 18.9 Å². The van der Waals surface area contributed by atoms with E-state index in [1.807, 2.05) is 18.2 Å². The van der Waals surface area contributed by atoms with Crippen LogP contribution in [0.25, 0.3) is 21.9 Å². The molecule has 32 heavy (non-hydrogen) atoms. The van der Waals surface area contributed by atoms with Crippen LogP contribution in [0.5, 0.6) is 0 Å². The number of esters is 1. The van der Waals surface area contributed by atoms with Gasteiger partial charge in [-0.15, -0.1) is 0 Å². The van der Waals surface area contributed by atoms with Crippen molar-refractivity contribution in [1.29, 1.82) is 0 Å². The van der Waals surface area contributed by atoms with Gasteiger partial charge in [0.15, 0.2) is 5.82 Å². The lowest BCUT2D eigenvalue weighted by molar-refractivity contribution is -0.139. The molecule has 0 fully saturated rings. The Kier molecular flexibility index (Phi) is 6.37. The third kappa shape index (κ3) is 4.29. The summed E-state index contributed by atoms with van der Waals surface area (Å²) in [6.07, 6.45) is 3.19. The van der Waals surface area contributed by atoms with Crippen molar-refractivity contribution < 1.29 is 9.53 Å². The SMILES string of the molecule is CCCCc1nc2c(N)nc3cc(CC(=O)OC)ccc3c2n1Cc1ccc(CN)cc1. The molecule has 2 heterocycles. The van der Waals surface area contributed by atoms with Crippen LogP contribution in [0, 0.1) is 0 Å². The summed E-state index contributed by atoms with van der Waals surface area (Å²) in [6.45, 7) is 3.38. The van der Waals surface area contributed by atoms with Gasteiger partial charge in [0.2, 0.25) is 0 Å². The van der Waals surface area contributed by atoms with Gasteiger partial charge >= 0.3 is 5.97 Å². The van der Waals surface area contributed by atoms with Crippen molar-refractivity contribution in [3.8, 4) is 0 Å². The molecule has 0 saturated heterocycles. The summed E-state index contributed by atoms with van der Waals surface area (Å²) in [6, 6.07) is 14.2. The van der Waals surface area contributed by atoms with Crippen LogP contribution in [0.15, 0.2) is 42.5 Å². The van der Waals surface area contributed by atoms with Crippen molar-refractivity contribution in [2.45, 2.75) is 45.7 Å². The smallest absolute Gasteiger partial charge is 0.309 e. The number of pyridine rings is 1. The zero-order valence-corrected chi connectivity index (χ0v) is 18.6. The molecule has 0 aliphatic rings. The minimum atomic E-state index is -0.286. The summed E-state index contributed by atoms with van der Waals surface area (Å²) in [5.41, 5.74) is 17.7. The summed E-state index contributed by atoms with van der Waals surface area (Å²) in [5, 5.41) is 0.969. The van der Waals surface area contributed by atoms with Gasteiger partial charge in [-0.05, 0) is 29.2 Å². The van der Waals surface area contributed by atoms with Crippen molar-refractivity contribution in [2.24, 2.45) is 5.73 Å². The van der Waals surface area contributed by atoms with Crippen molar-refractivity contribution in [1.82, 2.24) is 14.5 Å². The summed E-state index contributed by atoms with van der Waals surface area (Å²) in [4.78, 5) is 21.2. The Morgan fingerprint density at radius 2 is 1.78 bits per heavy atom. The lowest BCUT2D eigenvalue weighted by Gasteiger charge is -2.12. The van der Waals surface area contributed by atoms with Crippen molar-refractivity contribution in [3.63, 3.8) is 0 Å². The molecule has 0 atom stereocenters. The number of hydrogen-bond donors (Lipinski definition) is 2. The molecule has 7 nitrogen and oxygen atoms in total. The number of aromatic nitrogens is 3. The molecule has 0 aliphatic carbocycles. The Balaban J connectivity index is 1.87. The van der Waals surface area contributed by atoms with E-state index in [1.54, 1.807) is 0 Å². The number of ether oxygens (including phenoxy) is 1. The number of rotatable bonds is 8. The summed E-state index contributed by atoms with van der Waals surface area (Å²) in [7, 11) is 1.39. The molecule has 4 aromatic rings. The van der Waals surface area contributed by atoms with Crippen LogP contribution in [0.2, 0.25) is 0 Å². The topological polar surface area (TPSA) is 109 Å². The van der Waals surface area contributed by atoms with Crippen LogP contribution >= 0.6 is 0 Å². The van der Waals surface area contributed by atoms with E-state index in [0.717, 1.165) is 58.2 Å². The lowest BCUT2D eigenvalue weighted by atomic mass is 10.1. The maximum Gasteiger partial charge on any atom is 0.309 e. The average Bonchev–Trinajstić information content (AvgIpc) is 3.17. The fourth-order valence-corrected chi connectivity index (χ4v) is 4.01. The highest BCUT2D eigenvalue weighted by Crippen LogP contribution is 2.31. The monoisotopic (exact) mass is 431 g/mol. The Hall–Kier alpha value is -3.45. The number of imidazole rings is 1. The molecular formula is C25H29N5O2. The van der Waals surface area contributed by atoms with E-state index in [2.05, 4.69) is 40.7 Å². The first-order valence-electron chi connectivity index (χ1n) is 11.0. The first-order valence-corrected chi connectivity index (χ1v) is 11.0. The molecule has 2 aromatic heterocycles. The fourth-order valence-electron chi connectivity index (χ4n) is 4.01. The van der Waals surface area contributed by atoms with Crippen LogP contribution < -0.4 is 11.5 Å². The van der Waals surface area contributed by atoms with E-state index in [4.69, 9.17) is 21.2 Å². The third-order valence-electron chi connectivity index (χ3n) is 5.78. The van der Waals surface area contributed by atoms with Gasteiger partial charge in [0.1, 0.15) is 11.3 Å². The number of hydrogen-bond acceptors (Lipinski definition) is 6. The second-order valence-corrected chi connectivity index (χ2v) is 8.04. The molecule has 0 spiro atoms. The Labute approximate surface area is 187 Å². The quantitative estimate of drug-likeness (QED) is 0.412. The number of nitrogen functional groups attached to an aromatic ring is 1. The minimum Gasteiger partial charge on any atom is -0.469 e. The number of carbonyl (C=O) groups excluding carboxylic acids is 1. The molecule has 0 saturated carbocycles. The van der Waals surface area contributed by atoms with Crippen LogP contribution in [0.1, 0.15) is 42.3 Å². The predicted octanol–water partition coefficient (Wildman–Crippen LogP) is 3.73. The maximum atomic E-state index is 11.7. The molecule has 0 unspecified atom stereocenters. The predicted molar refractivity (Wildman–Crippen MR) is 127 cm³/mol. The summed E-state index contributed by atoms with van der Waals surface area (Å²) < 4.78 is 7.05. The molecule has 2 aromatic carbocycles. The Morgan fingerprint density at radius 1 is 1.06 bits per heavy atom. The standard InChI is InChI=1S/C25H29N5O2/c1-3-4-5-21-29-23-24(30(21)15-17-8-6-16(14-26)7-9-17)19-11-10-18(13-22(31)32-2)12-20(19)28-25(23)27/h6-12H,3-5,13-15,26H2,1-2H3,(H2,27,28). The van der Waals surface area contributed by atoms with E-state index in [1.165, 1.54) is 12.7 Å². The van der Waals surface area contributed by atoms with Gasteiger partial charge in [-0.25, -0.2) is 9.97 Å². The zero-order valence-electron chi connectivity index (χ0n) is 18.6. The average molecular weight is 432 g/mol. The molecule has 0 bridgehead atoms. The first kappa shape index (κ1) is 21.8. The molecule has 0 radical (unpaired) electrons.